The molecule has 0 fully saturated rings. The van der Waals surface area contributed by atoms with Crippen molar-refractivity contribution in [3.8, 4) is 23.1 Å². The van der Waals surface area contributed by atoms with Crippen molar-refractivity contribution < 1.29 is 4.39 Å². The van der Waals surface area contributed by atoms with Gasteiger partial charge in [0.1, 0.15) is 5.69 Å². The minimum Gasteiger partial charge on any atom is -0.248 e. The lowest BCUT2D eigenvalue weighted by atomic mass is 10.1. The second kappa shape index (κ2) is 8.85. The molecule has 1 atom stereocenters. The quantitative estimate of drug-likeness (QED) is 0.437. The van der Waals surface area contributed by atoms with Crippen LogP contribution in [0.15, 0.2) is 49.1 Å². The van der Waals surface area contributed by atoms with E-state index >= 15 is 0 Å². The summed E-state index contributed by atoms with van der Waals surface area (Å²) in [4.78, 5) is 0. The second-order valence-electron chi connectivity index (χ2n) is 5.47. The third kappa shape index (κ3) is 5.67. The van der Waals surface area contributed by atoms with Crippen LogP contribution in [0.4, 0.5) is 4.39 Å². The van der Waals surface area contributed by atoms with Crippen LogP contribution in [-0.2, 0) is 6.42 Å². The molecular formula is C20H21FN2. The number of allylic oxidation sites excluding steroid dienone is 1. The number of hydrogen-bond donors (Lipinski definition) is 0. The maximum Gasteiger partial charge on any atom is 0.135 e. The molecule has 0 amide bonds. The molecule has 2 nitrogen and oxygen atoms in total. The van der Waals surface area contributed by atoms with Crippen molar-refractivity contribution in [3.05, 3.63) is 60.3 Å². The first-order chi connectivity index (χ1) is 11.2. The Balaban J connectivity index is 1.96. The first-order valence-corrected chi connectivity index (χ1v) is 7.86. The number of benzene rings is 1. The van der Waals surface area contributed by atoms with Crippen LogP contribution in [0.2, 0.25) is 0 Å². The maximum absolute atomic E-state index is 12.6. The molecular weight excluding hydrogens is 287 g/mol. The van der Waals surface area contributed by atoms with E-state index in [1.54, 1.807) is 6.92 Å². The maximum atomic E-state index is 12.6. The SMILES string of the molecule is C=CCc1ccc(-c2ccc(C#CCCCC(C)F)nn2)cc1. The summed E-state index contributed by atoms with van der Waals surface area (Å²) in [6.45, 7) is 5.31. The van der Waals surface area contributed by atoms with Gasteiger partial charge in [-0.15, -0.1) is 16.8 Å². The lowest BCUT2D eigenvalue weighted by molar-refractivity contribution is 0.336. The van der Waals surface area contributed by atoms with Gasteiger partial charge >= 0.3 is 0 Å². The predicted molar refractivity (Wildman–Crippen MR) is 92.7 cm³/mol. The molecule has 0 aliphatic heterocycles. The summed E-state index contributed by atoms with van der Waals surface area (Å²) in [5, 5.41) is 8.35. The molecule has 0 saturated carbocycles. The van der Waals surface area contributed by atoms with Crippen molar-refractivity contribution in [1.82, 2.24) is 10.2 Å². The van der Waals surface area contributed by atoms with Gasteiger partial charge in [-0.25, -0.2) is 4.39 Å². The highest BCUT2D eigenvalue weighted by atomic mass is 19.1. The number of hydrogen-bond acceptors (Lipinski definition) is 2. The number of aromatic nitrogens is 2. The van der Waals surface area contributed by atoms with Gasteiger partial charge in [0.15, 0.2) is 0 Å². The van der Waals surface area contributed by atoms with E-state index in [9.17, 15) is 4.39 Å². The topological polar surface area (TPSA) is 25.8 Å². The fraction of sp³-hybridized carbons (Fsp3) is 0.300. The molecule has 0 radical (unpaired) electrons. The largest absolute Gasteiger partial charge is 0.248 e. The highest BCUT2D eigenvalue weighted by molar-refractivity contribution is 5.59. The fourth-order valence-corrected chi connectivity index (χ4v) is 2.16. The molecule has 0 aliphatic carbocycles. The number of alkyl halides is 1. The molecule has 118 valence electrons. The first kappa shape index (κ1) is 16.9. The summed E-state index contributed by atoms with van der Waals surface area (Å²) >= 11 is 0. The minimum absolute atomic E-state index is 0.557. The molecule has 1 unspecified atom stereocenters. The summed E-state index contributed by atoms with van der Waals surface area (Å²) < 4.78 is 12.6. The minimum atomic E-state index is -0.756. The Morgan fingerprint density at radius 2 is 1.96 bits per heavy atom. The van der Waals surface area contributed by atoms with Gasteiger partial charge in [0.2, 0.25) is 0 Å². The molecule has 1 heterocycles. The van der Waals surface area contributed by atoms with E-state index in [1.807, 2.05) is 30.3 Å². The van der Waals surface area contributed by atoms with E-state index in [-0.39, 0.29) is 0 Å². The van der Waals surface area contributed by atoms with Crippen LogP contribution in [0.1, 0.15) is 37.4 Å². The van der Waals surface area contributed by atoms with Crippen molar-refractivity contribution in [3.63, 3.8) is 0 Å². The first-order valence-electron chi connectivity index (χ1n) is 7.86. The molecule has 1 aromatic carbocycles. The van der Waals surface area contributed by atoms with Crippen LogP contribution in [-0.4, -0.2) is 16.4 Å². The zero-order chi connectivity index (χ0) is 16.5. The third-order valence-electron chi connectivity index (χ3n) is 3.41. The molecule has 23 heavy (non-hydrogen) atoms. The molecule has 0 aliphatic rings. The zero-order valence-electron chi connectivity index (χ0n) is 13.4. The molecule has 3 heteroatoms. The van der Waals surface area contributed by atoms with Gasteiger partial charge in [-0.05, 0) is 49.8 Å². The van der Waals surface area contributed by atoms with E-state index in [4.69, 9.17) is 0 Å². The molecule has 0 bridgehead atoms. The number of nitrogens with zero attached hydrogens (tertiary/aromatic N) is 2. The number of unbranched alkanes of at least 4 members (excludes halogenated alkanes) is 1. The smallest absolute Gasteiger partial charge is 0.135 e. The van der Waals surface area contributed by atoms with Crippen LogP contribution in [0.25, 0.3) is 11.3 Å². The molecule has 0 N–H and O–H groups in total. The Labute approximate surface area is 137 Å². The van der Waals surface area contributed by atoms with E-state index < -0.39 is 6.17 Å². The molecule has 1 aromatic heterocycles. The summed E-state index contributed by atoms with van der Waals surface area (Å²) in [5.74, 6) is 5.97. The van der Waals surface area contributed by atoms with Gasteiger partial charge in [-0.2, -0.15) is 0 Å². The Hall–Kier alpha value is -2.47. The normalized spacial score (nSPS) is 11.4. The van der Waals surface area contributed by atoms with E-state index in [1.165, 1.54) is 5.56 Å². The lowest BCUT2D eigenvalue weighted by Crippen LogP contribution is -1.92. The van der Waals surface area contributed by atoms with E-state index in [0.29, 0.717) is 18.5 Å². The summed E-state index contributed by atoms with van der Waals surface area (Å²) in [5.41, 5.74) is 3.72. The van der Waals surface area contributed by atoms with Crippen molar-refractivity contribution in [2.75, 3.05) is 0 Å². The van der Waals surface area contributed by atoms with Gasteiger partial charge in [0.25, 0.3) is 0 Å². The van der Waals surface area contributed by atoms with Crippen LogP contribution in [0.3, 0.4) is 0 Å². The summed E-state index contributed by atoms with van der Waals surface area (Å²) in [6.07, 6.45) is 4.00. The van der Waals surface area contributed by atoms with Crippen molar-refractivity contribution in [1.29, 1.82) is 0 Å². The van der Waals surface area contributed by atoms with Crippen LogP contribution < -0.4 is 0 Å². The highest BCUT2D eigenvalue weighted by Gasteiger charge is 2.00. The second-order valence-corrected chi connectivity index (χ2v) is 5.47. The number of halogens is 1. The Morgan fingerprint density at radius 1 is 1.17 bits per heavy atom. The molecule has 0 saturated heterocycles. The summed E-state index contributed by atoms with van der Waals surface area (Å²) in [7, 11) is 0. The van der Waals surface area contributed by atoms with Crippen molar-refractivity contribution in [2.45, 2.75) is 38.8 Å². The van der Waals surface area contributed by atoms with Crippen LogP contribution in [0.5, 0.6) is 0 Å². The van der Waals surface area contributed by atoms with E-state index in [2.05, 4.69) is 40.7 Å². The Morgan fingerprint density at radius 3 is 2.57 bits per heavy atom. The Bertz CT molecular complexity index is 676. The van der Waals surface area contributed by atoms with Gasteiger partial charge in [-0.1, -0.05) is 36.3 Å². The van der Waals surface area contributed by atoms with Gasteiger partial charge < -0.3 is 0 Å². The molecule has 2 rings (SSSR count). The Kier molecular flexibility index (Phi) is 6.50. The fourth-order valence-electron chi connectivity index (χ4n) is 2.16. The molecule has 0 spiro atoms. The van der Waals surface area contributed by atoms with E-state index in [0.717, 1.165) is 24.1 Å². The van der Waals surface area contributed by atoms with Gasteiger partial charge in [0.05, 0.1) is 11.9 Å². The third-order valence-corrected chi connectivity index (χ3v) is 3.41. The van der Waals surface area contributed by atoms with Crippen LogP contribution >= 0.6 is 0 Å². The highest BCUT2D eigenvalue weighted by Crippen LogP contribution is 2.17. The van der Waals surface area contributed by atoms with Gasteiger partial charge in [0, 0.05) is 12.0 Å². The summed E-state index contributed by atoms with van der Waals surface area (Å²) in [6, 6.07) is 12.0. The average molecular weight is 308 g/mol. The van der Waals surface area contributed by atoms with Gasteiger partial charge in [-0.3, -0.25) is 0 Å². The molecule has 2 aromatic rings. The zero-order valence-corrected chi connectivity index (χ0v) is 13.4. The predicted octanol–water partition coefficient (Wildman–Crippen LogP) is 4.75. The van der Waals surface area contributed by atoms with Crippen LogP contribution in [0, 0.1) is 11.8 Å². The van der Waals surface area contributed by atoms with Crippen molar-refractivity contribution >= 4 is 0 Å². The number of rotatable bonds is 6. The average Bonchev–Trinajstić information content (AvgIpc) is 2.56. The standard InChI is InChI=1S/C20H21FN2/c1-3-7-17-10-12-18(13-11-17)20-15-14-19(22-23-20)9-6-4-5-8-16(2)21/h3,10-16H,1,4-5,7-8H2,2H3. The monoisotopic (exact) mass is 308 g/mol. The van der Waals surface area contributed by atoms with Crippen molar-refractivity contribution in [2.24, 2.45) is 0 Å². The lowest BCUT2D eigenvalue weighted by Gasteiger charge is -2.01.